The van der Waals surface area contributed by atoms with Gasteiger partial charge in [0.15, 0.2) is 0 Å². The van der Waals surface area contributed by atoms with Gasteiger partial charge in [-0.25, -0.2) is 0 Å². The number of nitrogens with one attached hydrogen (secondary N) is 1. The van der Waals surface area contributed by atoms with Crippen LogP contribution in [0.4, 0.5) is 0 Å². The van der Waals surface area contributed by atoms with Gasteiger partial charge >= 0.3 is 0 Å². The lowest BCUT2D eigenvalue weighted by Crippen LogP contribution is -2.28. The lowest BCUT2D eigenvalue weighted by atomic mass is 10.1. The number of carbonyl (C=O) groups is 1. The van der Waals surface area contributed by atoms with Gasteiger partial charge in [0.2, 0.25) is 0 Å². The van der Waals surface area contributed by atoms with Crippen molar-refractivity contribution in [3.63, 3.8) is 0 Å². The number of hydrogen-bond donors (Lipinski definition) is 1. The maximum atomic E-state index is 11.7. The van der Waals surface area contributed by atoms with Crippen molar-refractivity contribution in [3.05, 3.63) is 33.8 Å². The van der Waals surface area contributed by atoms with Gasteiger partial charge in [0.25, 0.3) is 5.91 Å². The fraction of sp³-hybridized carbons (Fsp3) is 0.364. The lowest BCUT2D eigenvalue weighted by molar-refractivity contribution is 0.0953. The second kappa shape index (κ2) is 5.66. The van der Waals surface area contributed by atoms with Gasteiger partial charge in [-0.15, -0.1) is 0 Å². The van der Waals surface area contributed by atoms with Crippen molar-refractivity contribution in [3.8, 4) is 0 Å². The SMILES string of the molecule is Cc1cc(Br)ccc1C(=O)NCC(C)Br. The molecule has 0 fully saturated rings. The van der Waals surface area contributed by atoms with Crippen LogP contribution in [0.3, 0.4) is 0 Å². The van der Waals surface area contributed by atoms with Gasteiger partial charge < -0.3 is 5.32 Å². The Kier molecular flexibility index (Phi) is 4.80. The number of amides is 1. The zero-order valence-electron chi connectivity index (χ0n) is 8.68. The average molecular weight is 335 g/mol. The number of alkyl halides is 1. The van der Waals surface area contributed by atoms with Crippen LogP contribution in [-0.4, -0.2) is 17.3 Å². The van der Waals surface area contributed by atoms with Crippen LogP contribution >= 0.6 is 31.9 Å². The molecule has 1 amide bonds. The third kappa shape index (κ3) is 3.95. The van der Waals surface area contributed by atoms with Crippen LogP contribution in [0, 0.1) is 6.92 Å². The largest absolute Gasteiger partial charge is 0.351 e. The summed E-state index contributed by atoms with van der Waals surface area (Å²) in [5, 5.41) is 2.86. The average Bonchev–Trinajstić information content (AvgIpc) is 2.14. The highest BCUT2D eigenvalue weighted by atomic mass is 79.9. The summed E-state index contributed by atoms with van der Waals surface area (Å²) in [6, 6.07) is 5.64. The van der Waals surface area contributed by atoms with E-state index in [0.717, 1.165) is 15.6 Å². The quantitative estimate of drug-likeness (QED) is 0.844. The third-order valence-electron chi connectivity index (χ3n) is 1.98. The molecule has 0 saturated carbocycles. The van der Waals surface area contributed by atoms with Gasteiger partial charge in [0.05, 0.1) is 0 Å². The van der Waals surface area contributed by atoms with E-state index in [4.69, 9.17) is 0 Å². The van der Waals surface area contributed by atoms with Crippen LogP contribution in [0.25, 0.3) is 0 Å². The summed E-state index contributed by atoms with van der Waals surface area (Å²) in [5.74, 6) is -0.0219. The molecule has 0 radical (unpaired) electrons. The van der Waals surface area contributed by atoms with Crippen molar-refractivity contribution < 1.29 is 4.79 Å². The van der Waals surface area contributed by atoms with Crippen molar-refractivity contribution >= 4 is 37.8 Å². The minimum atomic E-state index is -0.0219. The minimum Gasteiger partial charge on any atom is -0.351 e. The lowest BCUT2D eigenvalue weighted by Gasteiger charge is -2.08. The monoisotopic (exact) mass is 333 g/mol. The second-order valence-electron chi connectivity index (χ2n) is 3.45. The molecule has 2 nitrogen and oxygen atoms in total. The van der Waals surface area contributed by atoms with Crippen molar-refractivity contribution in [1.82, 2.24) is 5.32 Å². The molecule has 4 heteroatoms. The Morgan fingerprint density at radius 2 is 2.20 bits per heavy atom. The first-order valence-corrected chi connectivity index (χ1v) is 6.40. The molecule has 0 bridgehead atoms. The zero-order chi connectivity index (χ0) is 11.4. The predicted octanol–water partition coefficient (Wildman–Crippen LogP) is 3.27. The van der Waals surface area contributed by atoms with Crippen molar-refractivity contribution in [2.45, 2.75) is 18.7 Å². The van der Waals surface area contributed by atoms with E-state index in [1.54, 1.807) is 0 Å². The Labute approximate surface area is 107 Å². The Hall–Kier alpha value is -0.350. The van der Waals surface area contributed by atoms with Crippen LogP contribution < -0.4 is 5.32 Å². The van der Waals surface area contributed by atoms with Gasteiger partial charge in [-0.1, -0.05) is 38.8 Å². The molecule has 1 unspecified atom stereocenters. The molecular formula is C11H13Br2NO. The topological polar surface area (TPSA) is 29.1 Å². The molecule has 1 rings (SSSR count). The number of benzene rings is 1. The summed E-state index contributed by atoms with van der Waals surface area (Å²) in [7, 11) is 0. The number of hydrogen-bond acceptors (Lipinski definition) is 1. The second-order valence-corrected chi connectivity index (χ2v) is 5.93. The van der Waals surface area contributed by atoms with Crippen LogP contribution in [0.15, 0.2) is 22.7 Å². The Morgan fingerprint density at radius 3 is 2.73 bits per heavy atom. The highest BCUT2D eigenvalue weighted by Gasteiger charge is 2.09. The Bertz CT molecular complexity index is 364. The van der Waals surface area contributed by atoms with Crippen molar-refractivity contribution in [2.24, 2.45) is 0 Å². The van der Waals surface area contributed by atoms with Gasteiger partial charge in [0.1, 0.15) is 0 Å². The van der Waals surface area contributed by atoms with Crippen molar-refractivity contribution in [1.29, 1.82) is 0 Å². The summed E-state index contributed by atoms with van der Waals surface area (Å²) >= 11 is 6.75. The Morgan fingerprint density at radius 1 is 1.53 bits per heavy atom. The van der Waals surface area contributed by atoms with E-state index in [0.29, 0.717) is 6.54 Å². The van der Waals surface area contributed by atoms with E-state index >= 15 is 0 Å². The number of halogens is 2. The number of carbonyl (C=O) groups excluding carboxylic acids is 1. The predicted molar refractivity (Wildman–Crippen MR) is 69.6 cm³/mol. The van der Waals surface area contributed by atoms with E-state index < -0.39 is 0 Å². The molecule has 1 aromatic rings. The fourth-order valence-electron chi connectivity index (χ4n) is 1.21. The third-order valence-corrected chi connectivity index (χ3v) is 2.79. The molecule has 0 saturated heterocycles. The molecule has 0 aromatic heterocycles. The van der Waals surface area contributed by atoms with Gasteiger partial charge in [0, 0.05) is 21.4 Å². The molecule has 0 spiro atoms. The molecule has 0 aliphatic heterocycles. The summed E-state index contributed by atoms with van der Waals surface area (Å²) in [4.78, 5) is 12.0. The van der Waals surface area contributed by atoms with Crippen molar-refractivity contribution in [2.75, 3.05) is 6.54 Å². The molecule has 0 aliphatic carbocycles. The van der Waals surface area contributed by atoms with E-state index in [2.05, 4.69) is 37.2 Å². The van der Waals surface area contributed by atoms with E-state index in [1.807, 2.05) is 32.0 Å². The first-order valence-electron chi connectivity index (χ1n) is 4.69. The van der Waals surface area contributed by atoms with Crippen LogP contribution in [0.1, 0.15) is 22.8 Å². The number of rotatable bonds is 3. The molecule has 0 aliphatic rings. The van der Waals surface area contributed by atoms with E-state index in [1.165, 1.54) is 0 Å². The molecule has 15 heavy (non-hydrogen) atoms. The summed E-state index contributed by atoms with van der Waals surface area (Å²) in [6.45, 7) is 4.56. The molecule has 1 N–H and O–H groups in total. The maximum Gasteiger partial charge on any atom is 0.251 e. The maximum absolute atomic E-state index is 11.7. The highest BCUT2D eigenvalue weighted by Crippen LogP contribution is 2.15. The van der Waals surface area contributed by atoms with Crippen LogP contribution in [-0.2, 0) is 0 Å². The van der Waals surface area contributed by atoms with Gasteiger partial charge in [-0.2, -0.15) is 0 Å². The van der Waals surface area contributed by atoms with E-state index in [9.17, 15) is 4.79 Å². The number of aryl methyl sites for hydroxylation is 1. The van der Waals surface area contributed by atoms with Gasteiger partial charge in [-0.05, 0) is 30.7 Å². The molecule has 1 atom stereocenters. The smallest absolute Gasteiger partial charge is 0.251 e. The van der Waals surface area contributed by atoms with E-state index in [-0.39, 0.29) is 10.7 Å². The first kappa shape index (κ1) is 12.7. The normalized spacial score (nSPS) is 12.3. The van der Waals surface area contributed by atoms with Crippen LogP contribution in [0.2, 0.25) is 0 Å². The standard InChI is InChI=1S/C11H13Br2NO/c1-7-5-9(13)3-4-10(7)11(15)14-6-8(2)12/h3-5,8H,6H2,1-2H3,(H,14,15). The fourth-order valence-corrected chi connectivity index (χ4v) is 1.85. The zero-order valence-corrected chi connectivity index (χ0v) is 11.9. The molecule has 82 valence electrons. The Balaban J connectivity index is 2.74. The highest BCUT2D eigenvalue weighted by molar-refractivity contribution is 9.10. The minimum absolute atomic E-state index is 0.0219. The van der Waals surface area contributed by atoms with Gasteiger partial charge in [-0.3, -0.25) is 4.79 Å². The molecular weight excluding hydrogens is 322 g/mol. The molecule has 1 aromatic carbocycles. The summed E-state index contributed by atoms with van der Waals surface area (Å²) in [6.07, 6.45) is 0. The summed E-state index contributed by atoms with van der Waals surface area (Å²) in [5.41, 5.74) is 1.70. The summed E-state index contributed by atoms with van der Waals surface area (Å²) < 4.78 is 0.991. The molecule has 0 heterocycles. The first-order chi connectivity index (χ1) is 7.00. The van der Waals surface area contributed by atoms with Crippen LogP contribution in [0.5, 0.6) is 0 Å².